The average molecular weight is 387 g/mol. The Labute approximate surface area is 134 Å². The van der Waals surface area contributed by atoms with Gasteiger partial charge in [-0.25, -0.2) is 0 Å². The maximum absolute atomic E-state index is 2.54. The summed E-state index contributed by atoms with van der Waals surface area (Å²) in [7, 11) is 0. The van der Waals surface area contributed by atoms with Crippen molar-refractivity contribution in [3.05, 3.63) is 57.6 Å². The first kappa shape index (κ1) is 16.6. The van der Waals surface area contributed by atoms with Crippen LogP contribution in [0, 0.1) is 41.5 Å². The van der Waals surface area contributed by atoms with Gasteiger partial charge in [-0.1, -0.05) is 0 Å². The summed E-state index contributed by atoms with van der Waals surface area (Å²) < 4.78 is 3.24. The van der Waals surface area contributed by atoms with Gasteiger partial charge < -0.3 is 0 Å². The van der Waals surface area contributed by atoms with Gasteiger partial charge in [0.05, 0.1) is 0 Å². The molecule has 0 heterocycles. The van der Waals surface area contributed by atoms with E-state index < -0.39 is 18.4 Å². The summed E-state index contributed by atoms with van der Waals surface area (Å²) in [6.07, 6.45) is 0. The molecule has 0 spiro atoms. The van der Waals surface area contributed by atoms with Gasteiger partial charge in [-0.15, -0.1) is 0 Å². The summed E-state index contributed by atoms with van der Waals surface area (Å²) in [5, 5.41) is 0. The molecule has 0 aromatic heterocycles. The second-order valence-electron chi connectivity index (χ2n) is 7.10. The van der Waals surface area contributed by atoms with E-state index >= 15 is 0 Å². The fourth-order valence-electron chi connectivity index (χ4n) is 2.96. The predicted molar refractivity (Wildman–Crippen MR) is 98.1 cm³/mol. The minimum atomic E-state index is -2.48. The molecular formula is C20H28Sn. The zero-order chi connectivity index (χ0) is 15.9. The summed E-state index contributed by atoms with van der Waals surface area (Å²) >= 11 is -2.48. The molecule has 0 atom stereocenters. The normalized spacial score (nSPS) is 11.8. The molecule has 0 N–H and O–H groups in total. The maximum atomic E-state index is 2.54. The molecule has 0 saturated heterocycles. The molecule has 112 valence electrons. The third-order valence-corrected chi connectivity index (χ3v) is 15.2. The molecule has 0 aliphatic carbocycles. The van der Waals surface area contributed by atoms with Gasteiger partial charge in [-0.3, -0.25) is 0 Å². The van der Waals surface area contributed by atoms with Crippen LogP contribution < -0.4 is 7.16 Å². The van der Waals surface area contributed by atoms with E-state index in [1.807, 2.05) is 0 Å². The Kier molecular flexibility index (Phi) is 4.58. The minimum absolute atomic E-state index is 1.44. The van der Waals surface area contributed by atoms with Crippen molar-refractivity contribution in [3.63, 3.8) is 0 Å². The van der Waals surface area contributed by atoms with Gasteiger partial charge in [0, 0.05) is 0 Å². The fraction of sp³-hybridized carbons (Fsp3) is 0.400. The summed E-state index contributed by atoms with van der Waals surface area (Å²) in [5.41, 5.74) is 8.64. The van der Waals surface area contributed by atoms with Crippen LogP contribution in [0.25, 0.3) is 0 Å². The summed E-state index contributed by atoms with van der Waals surface area (Å²) in [6.45, 7) is 13.5. The molecule has 0 radical (unpaired) electrons. The standard InChI is InChI=1S/2C9H11.2CH3.Sn/c2*1-7-5-4-6-8(2)9(7)3;;;/h2*5-6H,1-3H3;2*1H3;. The Morgan fingerprint density at radius 2 is 0.762 bits per heavy atom. The van der Waals surface area contributed by atoms with Gasteiger partial charge in [0.2, 0.25) is 0 Å². The van der Waals surface area contributed by atoms with Gasteiger partial charge in [-0.2, -0.15) is 0 Å². The van der Waals surface area contributed by atoms with Crippen molar-refractivity contribution in [2.75, 3.05) is 0 Å². The van der Waals surface area contributed by atoms with E-state index in [1.165, 1.54) is 33.4 Å². The number of hydrogen-bond donors (Lipinski definition) is 0. The van der Waals surface area contributed by atoms with Crippen LogP contribution in [0.4, 0.5) is 0 Å². The number of rotatable bonds is 2. The van der Waals surface area contributed by atoms with E-state index in [4.69, 9.17) is 0 Å². The fourth-order valence-corrected chi connectivity index (χ4v) is 10.5. The van der Waals surface area contributed by atoms with Crippen molar-refractivity contribution in [1.29, 1.82) is 0 Å². The Hall–Kier alpha value is -0.761. The molecule has 0 aliphatic rings. The zero-order valence-corrected chi connectivity index (χ0v) is 17.7. The van der Waals surface area contributed by atoms with Crippen LogP contribution in [-0.2, 0) is 0 Å². The molecule has 0 saturated carbocycles. The molecule has 2 aromatic carbocycles. The van der Waals surface area contributed by atoms with E-state index in [0.29, 0.717) is 0 Å². The first-order valence-corrected chi connectivity index (χ1v) is 16.4. The Balaban J connectivity index is 2.61. The molecule has 1 heteroatoms. The first-order valence-electron chi connectivity index (χ1n) is 7.81. The van der Waals surface area contributed by atoms with Crippen molar-refractivity contribution < 1.29 is 0 Å². The molecule has 0 aliphatic heterocycles. The molecule has 0 nitrogen and oxygen atoms in total. The van der Waals surface area contributed by atoms with E-state index in [0.717, 1.165) is 0 Å². The Bertz CT molecular complexity index is 587. The van der Waals surface area contributed by atoms with Crippen LogP contribution in [0.3, 0.4) is 0 Å². The third-order valence-electron chi connectivity index (χ3n) is 5.30. The monoisotopic (exact) mass is 388 g/mol. The SMILES string of the molecule is Cc1c[c]([Sn]([CH3])([CH3])[c]2cc(C)c(C)c(C)c2)cc(C)c1C. The van der Waals surface area contributed by atoms with Gasteiger partial charge in [0.25, 0.3) is 0 Å². The molecule has 0 fully saturated rings. The Morgan fingerprint density at radius 1 is 0.524 bits per heavy atom. The van der Waals surface area contributed by atoms with Crippen LogP contribution in [-0.4, -0.2) is 18.4 Å². The molecular weight excluding hydrogens is 359 g/mol. The topological polar surface area (TPSA) is 0 Å². The van der Waals surface area contributed by atoms with Gasteiger partial charge in [0.1, 0.15) is 0 Å². The van der Waals surface area contributed by atoms with Gasteiger partial charge in [0.15, 0.2) is 0 Å². The van der Waals surface area contributed by atoms with Crippen molar-refractivity contribution in [2.45, 2.75) is 51.4 Å². The third kappa shape index (κ3) is 3.06. The molecule has 2 rings (SSSR count). The molecule has 2 aromatic rings. The summed E-state index contributed by atoms with van der Waals surface area (Å²) in [6, 6.07) is 9.79. The van der Waals surface area contributed by atoms with Crippen LogP contribution in [0.15, 0.2) is 24.3 Å². The van der Waals surface area contributed by atoms with Crippen molar-refractivity contribution in [2.24, 2.45) is 0 Å². The van der Waals surface area contributed by atoms with Crippen LogP contribution in [0.1, 0.15) is 33.4 Å². The van der Waals surface area contributed by atoms with E-state index in [9.17, 15) is 0 Å². The van der Waals surface area contributed by atoms with Gasteiger partial charge in [-0.05, 0) is 0 Å². The van der Waals surface area contributed by atoms with Crippen LogP contribution >= 0.6 is 0 Å². The van der Waals surface area contributed by atoms with Crippen LogP contribution in [0.5, 0.6) is 0 Å². The van der Waals surface area contributed by atoms with Crippen molar-refractivity contribution in [1.82, 2.24) is 0 Å². The first-order chi connectivity index (χ1) is 9.64. The second-order valence-corrected chi connectivity index (χ2v) is 19.7. The summed E-state index contributed by atoms with van der Waals surface area (Å²) in [5.74, 6) is 0. The molecule has 0 unspecified atom stereocenters. The number of benzene rings is 2. The zero-order valence-electron chi connectivity index (χ0n) is 14.8. The molecule has 21 heavy (non-hydrogen) atoms. The summed E-state index contributed by atoms with van der Waals surface area (Å²) in [4.78, 5) is 5.09. The number of hydrogen-bond acceptors (Lipinski definition) is 0. The average Bonchev–Trinajstić information content (AvgIpc) is 2.40. The van der Waals surface area contributed by atoms with E-state index in [1.54, 1.807) is 7.16 Å². The van der Waals surface area contributed by atoms with Crippen LogP contribution in [0.2, 0.25) is 9.88 Å². The number of aryl methyl sites for hydroxylation is 4. The Morgan fingerprint density at radius 3 is 1.00 bits per heavy atom. The quantitative estimate of drug-likeness (QED) is 0.672. The second kappa shape index (κ2) is 5.79. The molecule has 0 amide bonds. The van der Waals surface area contributed by atoms with Crippen molar-refractivity contribution >= 4 is 25.5 Å². The van der Waals surface area contributed by atoms with E-state index in [2.05, 4.69) is 75.7 Å². The molecule has 0 bridgehead atoms. The van der Waals surface area contributed by atoms with Gasteiger partial charge >= 0.3 is 135 Å². The van der Waals surface area contributed by atoms with E-state index in [-0.39, 0.29) is 0 Å². The van der Waals surface area contributed by atoms with Crippen molar-refractivity contribution in [3.8, 4) is 0 Å². The predicted octanol–water partition coefficient (Wildman–Crippen LogP) is 4.36.